The summed E-state index contributed by atoms with van der Waals surface area (Å²) in [5, 5.41) is -0.206. The molecule has 1 aliphatic rings. The van der Waals surface area contributed by atoms with Crippen LogP contribution in [0.15, 0.2) is 29.2 Å². The average molecular weight is 362 g/mol. The van der Waals surface area contributed by atoms with Gasteiger partial charge in [-0.2, -0.15) is 0 Å². The smallest absolute Gasteiger partial charge is 0.294 e. The van der Waals surface area contributed by atoms with Crippen molar-refractivity contribution >= 4 is 29.0 Å². The number of nitrogens with zero attached hydrogens (tertiary/aromatic N) is 2. The van der Waals surface area contributed by atoms with Gasteiger partial charge in [0, 0.05) is 5.56 Å². The number of rotatable bonds is 9. The highest BCUT2D eigenvalue weighted by atomic mass is 32.2. The van der Waals surface area contributed by atoms with Gasteiger partial charge < -0.3 is 4.74 Å². The molecule has 6 heteroatoms. The number of benzene rings is 1. The van der Waals surface area contributed by atoms with Crippen molar-refractivity contribution in [2.24, 2.45) is 0 Å². The van der Waals surface area contributed by atoms with Gasteiger partial charge in [-0.3, -0.25) is 19.4 Å². The average Bonchev–Trinajstić information content (AvgIpc) is 2.85. The molecule has 1 aliphatic heterocycles. The minimum Gasteiger partial charge on any atom is -0.493 e. The van der Waals surface area contributed by atoms with Gasteiger partial charge in [-0.05, 0) is 56.8 Å². The number of ether oxygens (including phenoxy) is 1. The van der Waals surface area contributed by atoms with Crippen LogP contribution in [0.2, 0.25) is 0 Å². The van der Waals surface area contributed by atoms with Crippen molar-refractivity contribution in [1.29, 1.82) is 0 Å². The van der Waals surface area contributed by atoms with E-state index < -0.39 is 0 Å². The fraction of sp³-hybridized carbons (Fsp3) is 0.474. The lowest BCUT2D eigenvalue weighted by Crippen LogP contribution is -2.41. The topological polar surface area (TPSA) is 49.9 Å². The summed E-state index contributed by atoms with van der Waals surface area (Å²) in [7, 11) is 0. The summed E-state index contributed by atoms with van der Waals surface area (Å²) >= 11 is 0.998. The molecule has 136 valence electrons. The van der Waals surface area contributed by atoms with Crippen LogP contribution in [0.1, 0.15) is 39.2 Å². The molecule has 25 heavy (non-hydrogen) atoms. The summed E-state index contributed by atoms with van der Waals surface area (Å²) < 4.78 is 5.59. The Hall–Kier alpha value is -1.79. The third-order valence-corrected chi connectivity index (χ3v) is 4.71. The summed E-state index contributed by atoms with van der Waals surface area (Å²) in [6, 6.07) is 7.54. The fourth-order valence-corrected chi connectivity index (χ4v) is 3.56. The van der Waals surface area contributed by atoms with Crippen LogP contribution < -0.4 is 4.74 Å². The predicted molar refractivity (Wildman–Crippen MR) is 102 cm³/mol. The molecule has 2 rings (SSSR count). The van der Waals surface area contributed by atoms with E-state index in [9.17, 15) is 9.59 Å². The second kappa shape index (κ2) is 9.63. The zero-order valence-electron chi connectivity index (χ0n) is 15.2. The molecule has 1 aromatic rings. The molecule has 5 nitrogen and oxygen atoms in total. The number of imide groups is 1. The largest absolute Gasteiger partial charge is 0.493 e. The number of carbonyl (C=O) groups excluding carboxylic acids is 2. The highest BCUT2D eigenvalue weighted by molar-refractivity contribution is 8.18. The second-order valence-corrected chi connectivity index (χ2v) is 6.83. The molecule has 0 bridgehead atoms. The number of hydrogen-bond acceptors (Lipinski definition) is 5. The van der Waals surface area contributed by atoms with Gasteiger partial charge in [-0.15, -0.1) is 0 Å². The Balaban J connectivity index is 2.17. The molecule has 1 saturated heterocycles. The van der Waals surface area contributed by atoms with Crippen molar-refractivity contribution in [2.75, 3.05) is 26.4 Å². The van der Waals surface area contributed by atoms with Gasteiger partial charge in [0.25, 0.3) is 11.1 Å². The number of carbonyl (C=O) groups is 2. The minimum absolute atomic E-state index is 0.206. The minimum atomic E-state index is -0.224. The fourth-order valence-electron chi connectivity index (χ4n) is 2.74. The van der Waals surface area contributed by atoms with E-state index in [1.807, 2.05) is 31.2 Å². The van der Waals surface area contributed by atoms with Crippen LogP contribution in [0.25, 0.3) is 6.08 Å². The Labute approximate surface area is 154 Å². The molecule has 1 heterocycles. The molecule has 0 unspecified atom stereocenters. The quantitative estimate of drug-likeness (QED) is 0.616. The summed E-state index contributed by atoms with van der Waals surface area (Å²) in [5.41, 5.74) is 0.814. The van der Waals surface area contributed by atoms with E-state index in [1.54, 1.807) is 6.08 Å². The van der Waals surface area contributed by atoms with Gasteiger partial charge in [0.15, 0.2) is 0 Å². The van der Waals surface area contributed by atoms with E-state index in [4.69, 9.17) is 4.74 Å². The molecule has 0 saturated carbocycles. The normalized spacial score (nSPS) is 16.3. The van der Waals surface area contributed by atoms with Gasteiger partial charge >= 0.3 is 0 Å². The highest BCUT2D eigenvalue weighted by Crippen LogP contribution is 2.34. The van der Waals surface area contributed by atoms with Crippen LogP contribution in [-0.4, -0.2) is 47.3 Å². The Kier molecular flexibility index (Phi) is 7.52. The lowest BCUT2D eigenvalue weighted by Gasteiger charge is -2.25. The Morgan fingerprint density at radius 3 is 2.44 bits per heavy atom. The lowest BCUT2D eigenvalue weighted by atomic mass is 10.2. The van der Waals surface area contributed by atoms with Crippen molar-refractivity contribution < 1.29 is 14.3 Å². The van der Waals surface area contributed by atoms with Gasteiger partial charge in [0.05, 0.1) is 18.2 Å². The van der Waals surface area contributed by atoms with E-state index in [0.29, 0.717) is 18.2 Å². The second-order valence-electron chi connectivity index (χ2n) is 5.84. The van der Waals surface area contributed by atoms with Crippen LogP contribution >= 0.6 is 11.8 Å². The van der Waals surface area contributed by atoms with E-state index in [-0.39, 0.29) is 11.1 Å². The lowest BCUT2D eigenvalue weighted by molar-refractivity contribution is -0.124. The van der Waals surface area contributed by atoms with Crippen molar-refractivity contribution in [3.63, 3.8) is 0 Å². The number of thioether (sulfide) groups is 1. The SMILES string of the molecule is CCCN(CCC)CN1C(=O)S/C(=C\c2ccccc2OCC)C1=O. The third kappa shape index (κ3) is 5.09. The van der Waals surface area contributed by atoms with Crippen molar-refractivity contribution in [3.05, 3.63) is 34.7 Å². The molecule has 0 spiro atoms. The van der Waals surface area contributed by atoms with Crippen molar-refractivity contribution in [2.45, 2.75) is 33.6 Å². The van der Waals surface area contributed by atoms with Crippen LogP contribution in [-0.2, 0) is 4.79 Å². The van der Waals surface area contributed by atoms with Crippen molar-refractivity contribution in [1.82, 2.24) is 9.80 Å². The first-order valence-corrected chi connectivity index (χ1v) is 9.61. The number of para-hydroxylation sites is 1. The zero-order chi connectivity index (χ0) is 18.2. The Morgan fingerprint density at radius 1 is 1.12 bits per heavy atom. The van der Waals surface area contributed by atoms with E-state index >= 15 is 0 Å². The van der Waals surface area contributed by atoms with Gasteiger partial charge in [-0.1, -0.05) is 32.0 Å². The maximum Gasteiger partial charge on any atom is 0.294 e. The molecular formula is C19H26N2O3S. The van der Waals surface area contributed by atoms with Crippen LogP contribution in [0.4, 0.5) is 4.79 Å². The van der Waals surface area contributed by atoms with Crippen LogP contribution in [0, 0.1) is 0 Å². The van der Waals surface area contributed by atoms with Gasteiger partial charge in [0.2, 0.25) is 0 Å². The van der Waals surface area contributed by atoms with E-state index in [1.165, 1.54) is 4.90 Å². The van der Waals surface area contributed by atoms with Crippen molar-refractivity contribution in [3.8, 4) is 5.75 Å². The van der Waals surface area contributed by atoms with Crippen LogP contribution in [0.5, 0.6) is 5.75 Å². The van der Waals surface area contributed by atoms with Gasteiger partial charge in [-0.25, -0.2) is 0 Å². The first-order valence-electron chi connectivity index (χ1n) is 8.80. The number of hydrogen-bond donors (Lipinski definition) is 0. The predicted octanol–water partition coefficient (Wildman–Crippen LogP) is 4.20. The summed E-state index contributed by atoms with van der Waals surface area (Å²) in [6.07, 6.45) is 3.74. The third-order valence-electron chi connectivity index (χ3n) is 3.80. The molecule has 0 N–H and O–H groups in total. The molecule has 0 radical (unpaired) electrons. The zero-order valence-corrected chi connectivity index (χ0v) is 16.0. The van der Waals surface area contributed by atoms with Gasteiger partial charge in [0.1, 0.15) is 5.75 Å². The molecule has 0 aromatic heterocycles. The Bertz CT molecular complexity index is 639. The molecule has 2 amide bonds. The molecule has 1 fully saturated rings. The maximum absolute atomic E-state index is 12.7. The van der Waals surface area contributed by atoms with Crippen LogP contribution in [0.3, 0.4) is 0 Å². The highest BCUT2D eigenvalue weighted by Gasteiger charge is 2.36. The standard InChI is InChI=1S/C19H26N2O3S/c1-4-11-20(12-5-2)14-21-18(22)17(25-19(21)23)13-15-9-7-8-10-16(15)24-6-3/h7-10,13H,4-6,11-12,14H2,1-3H3/b17-13-. The molecule has 0 atom stereocenters. The first kappa shape index (κ1) is 19.5. The maximum atomic E-state index is 12.7. The summed E-state index contributed by atoms with van der Waals surface area (Å²) in [4.78, 5) is 28.9. The van der Waals surface area contributed by atoms with E-state index in [2.05, 4.69) is 18.7 Å². The number of amides is 2. The molecule has 0 aliphatic carbocycles. The molecule has 1 aromatic carbocycles. The monoisotopic (exact) mass is 362 g/mol. The van der Waals surface area contributed by atoms with E-state index in [0.717, 1.165) is 49.0 Å². The Morgan fingerprint density at radius 2 is 1.80 bits per heavy atom. The summed E-state index contributed by atoms with van der Waals surface area (Å²) in [5.74, 6) is 0.494. The summed E-state index contributed by atoms with van der Waals surface area (Å²) in [6.45, 7) is 8.78. The molecular weight excluding hydrogens is 336 g/mol. The first-order chi connectivity index (χ1) is 12.1.